The Morgan fingerprint density at radius 1 is 1.06 bits per heavy atom. The molecule has 1 fully saturated rings. The van der Waals surface area contributed by atoms with Gasteiger partial charge in [-0.3, -0.25) is 29.3 Å². The molecular formula is C32H29FN10O4. The highest BCUT2D eigenvalue weighted by molar-refractivity contribution is 6.06. The number of anilines is 3. The van der Waals surface area contributed by atoms with Crippen LogP contribution in [0.5, 0.6) is 0 Å². The number of nitrogens with zero attached hydrogens (tertiary/aromatic N) is 6. The second kappa shape index (κ2) is 12.0. The Bertz CT molecular complexity index is 2050. The topological polar surface area (TPSA) is 168 Å². The fraction of sp³-hybridized carbons (Fsp3) is 0.219. The van der Waals surface area contributed by atoms with Crippen molar-refractivity contribution in [2.45, 2.75) is 32.5 Å². The number of amides is 5. The molecule has 0 spiro atoms. The van der Waals surface area contributed by atoms with Crippen molar-refractivity contribution in [3.05, 3.63) is 95.5 Å². The van der Waals surface area contributed by atoms with Gasteiger partial charge in [0, 0.05) is 48.9 Å². The van der Waals surface area contributed by atoms with Crippen molar-refractivity contribution in [2.24, 2.45) is 0 Å². The summed E-state index contributed by atoms with van der Waals surface area (Å²) in [6.07, 6.45) is 4.48. The lowest BCUT2D eigenvalue weighted by atomic mass is 10.2. The monoisotopic (exact) mass is 636 g/mol. The molecule has 47 heavy (non-hydrogen) atoms. The van der Waals surface area contributed by atoms with Gasteiger partial charge < -0.3 is 20.5 Å². The normalized spacial score (nSPS) is 16.1. The van der Waals surface area contributed by atoms with Crippen LogP contribution in [-0.4, -0.2) is 61.2 Å². The summed E-state index contributed by atoms with van der Waals surface area (Å²) in [4.78, 5) is 58.8. The minimum atomic E-state index is -0.585. The summed E-state index contributed by atoms with van der Waals surface area (Å²) in [6, 6.07) is 13.6. The summed E-state index contributed by atoms with van der Waals surface area (Å²) >= 11 is 0. The highest BCUT2D eigenvalue weighted by Gasteiger charge is 2.27. The number of benzene rings is 1. The largest absolute Gasteiger partial charge is 0.381 e. The summed E-state index contributed by atoms with van der Waals surface area (Å²) in [5, 5.41) is 16.2. The minimum absolute atomic E-state index is 0.0111. The molecule has 238 valence electrons. The predicted molar refractivity (Wildman–Crippen MR) is 170 cm³/mol. The molecule has 2 aliphatic heterocycles. The van der Waals surface area contributed by atoms with E-state index in [-0.39, 0.29) is 48.9 Å². The van der Waals surface area contributed by atoms with E-state index in [1.165, 1.54) is 11.0 Å². The van der Waals surface area contributed by atoms with Crippen LogP contribution in [0.15, 0.2) is 67.1 Å². The van der Waals surface area contributed by atoms with Gasteiger partial charge in [0.2, 0.25) is 5.91 Å². The zero-order valence-corrected chi connectivity index (χ0v) is 25.2. The second-order valence-electron chi connectivity index (χ2n) is 11.4. The molecule has 0 unspecified atom stereocenters. The van der Waals surface area contributed by atoms with Crippen molar-refractivity contribution in [1.82, 2.24) is 34.9 Å². The van der Waals surface area contributed by atoms with Gasteiger partial charge >= 0.3 is 6.03 Å². The van der Waals surface area contributed by atoms with Gasteiger partial charge in [0.1, 0.15) is 28.7 Å². The number of pyridine rings is 2. The maximum Gasteiger partial charge on any atom is 0.329 e. The molecule has 4 aromatic heterocycles. The standard InChI is InChI=1S/C32H29FN10O4/c1-18-12-36-31(46)26-10-20-4-7-25(39-29(20)43(18)26)30(45)38-23-14-37-41(17-23)16-19-2-5-22(6-3-19)34-13-21-11-27(35-15-24(21)33)42-9-8-28(44)40-32(42)47/h2-7,10-11,14-15,17-18,34H,8-9,12-13,16H2,1H3,(H,36,46)(H,38,45)(H,40,44,47)/t18-/m1/s1. The van der Waals surface area contributed by atoms with Crippen molar-refractivity contribution in [3.8, 4) is 0 Å². The lowest BCUT2D eigenvalue weighted by Crippen LogP contribution is -2.49. The first-order chi connectivity index (χ1) is 22.7. The molecule has 4 N–H and O–H groups in total. The number of hydrogen-bond acceptors (Lipinski definition) is 8. The number of carbonyl (C=O) groups is 4. The van der Waals surface area contributed by atoms with Crippen LogP contribution >= 0.6 is 0 Å². The van der Waals surface area contributed by atoms with Gasteiger partial charge in [0.25, 0.3) is 11.8 Å². The molecule has 0 aliphatic carbocycles. The van der Waals surface area contributed by atoms with E-state index >= 15 is 0 Å². The van der Waals surface area contributed by atoms with E-state index in [1.807, 2.05) is 35.8 Å². The van der Waals surface area contributed by atoms with Gasteiger partial charge in [0.15, 0.2) is 0 Å². The average Bonchev–Trinajstić information content (AvgIpc) is 3.68. The molecule has 0 radical (unpaired) electrons. The van der Waals surface area contributed by atoms with E-state index in [0.29, 0.717) is 35.7 Å². The van der Waals surface area contributed by atoms with E-state index in [0.717, 1.165) is 22.8 Å². The zero-order chi connectivity index (χ0) is 32.7. The maximum atomic E-state index is 14.5. The van der Waals surface area contributed by atoms with Gasteiger partial charge in [-0.05, 0) is 48.9 Å². The average molecular weight is 637 g/mol. The molecule has 6 heterocycles. The first kappa shape index (κ1) is 29.6. The highest BCUT2D eigenvalue weighted by Crippen LogP contribution is 2.26. The van der Waals surface area contributed by atoms with Gasteiger partial charge in [0.05, 0.1) is 30.7 Å². The Morgan fingerprint density at radius 2 is 1.89 bits per heavy atom. The molecule has 1 atom stereocenters. The number of imide groups is 1. The van der Waals surface area contributed by atoms with E-state index in [2.05, 4.69) is 36.3 Å². The number of rotatable bonds is 8. The third kappa shape index (κ3) is 5.97. The molecule has 5 aromatic rings. The number of nitrogens with one attached hydrogen (secondary N) is 4. The van der Waals surface area contributed by atoms with Crippen LogP contribution in [0.1, 0.15) is 51.5 Å². The van der Waals surface area contributed by atoms with Gasteiger partial charge in [-0.1, -0.05) is 12.1 Å². The van der Waals surface area contributed by atoms with Crippen LogP contribution in [0.3, 0.4) is 0 Å². The number of carbonyl (C=O) groups excluding carboxylic acids is 4. The number of halogens is 1. The number of aromatic nitrogens is 5. The summed E-state index contributed by atoms with van der Waals surface area (Å²) in [5.41, 5.74) is 3.86. The lowest BCUT2D eigenvalue weighted by molar-refractivity contribution is -0.120. The first-order valence-corrected chi connectivity index (χ1v) is 14.9. The summed E-state index contributed by atoms with van der Waals surface area (Å²) < 4.78 is 18.0. The minimum Gasteiger partial charge on any atom is -0.381 e. The SMILES string of the molecule is C[C@@H]1CNC(=O)c2cc3ccc(C(=O)Nc4cnn(Cc5ccc(NCc6cc(N7CCC(=O)NC7=O)ncc6F)cc5)c4)nc3n21. The Balaban J connectivity index is 0.961. The summed E-state index contributed by atoms with van der Waals surface area (Å²) in [5.74, 6) is -1.16. The van der Waals surface area contributed by atoms with Crippen LogP contribution in [0.25, 0.3) is 11.0 Å². The van der Waals surface area contributed by atoms with Gasteiger partial charge in [-0.25, -0.2) is 19.2 Å². The molecule has 7 rings (SSSR count). The number of hydrogen-bond donors (Lipinski definition) is 4. The molecule has 5 amide bonds. The van der Waals surface area contributed by atoms with Crippen molar-refractivity contribution in [1.29, 1.82) is 0 Å². The van der Waals surface area contributed by atoms with Crippen LogP contribution in [0.2, 0.25) is 0 Å². The quantitative estimate of drug-likeness (QED) is 0.201. The second-order valence-corrected chi connectivity index (χ2v) is 11.4. The number of urea groups is 1. The lowest BCUT2D eigenvalue weighted by Gasteiger charge is -2.25. The van der Waals surface area contributed by atoms with Crippen molar-refractivity contribution in [3.63, 3.8) is 0 Å². The maximum absolute atomic E-state index is 14.5. The van der Waals surface area contributed by atoms with Crippen LogP contribution in [0, 0.1) is 5.82 Å². The molecule has 15 heteroatoms. The fourth-order valence-electron chi connectivity index (χ4n) is 5.62. The molecular weight excluding hydrogens is 607 g/mol. The third-order valence-corrected chi connectivity index (χ3v) is 8.07. The Kier molecular flexibility index (Phi) is 7.55. The Morgan fingerprint density at radius 3 is 2.70 bits per heavy atom. The van der Waals surface area contributed by atoms with Crippen LogP contribution in [-0.2, 0) is 17.9 Å². The highest BCUT2D eigenvalue weighted by atomic mass is 19.1. The zero-order valence-electron chi connectivity index (χ0n) is 25.2. The summed E-state index contributed by atoms with van der Waals surface area (Å²) in [7, 11) is 0. The Labute approximate surface area is 267 Å². The molecule has 1 saturated heterocycles. The molecule has 0 bridgehead atoms. The third-order valence-electron chi connectivity index (χ3n) is 8.07. The number of fused-ring (bicyclic) bond motifs is 3. The Hall–Kier alpha value is -6.12. The van der Waals surface area contributed by atoms with E-state index in [1.54, 1.807) is 35.3 Å². The first-order valence-electron chi connectivity index (χ1n) is 14.9. The van der Waals surface area contributed by atoms with Gasteiger partial charge in [-0.15, -0.1) is 0 Å². The summed E-state index contributed by atoms with van der Waals surface area (Å²) in [6.45, 7) is 3.25. The van der Waals surface area contributed by atoms with Crippen LogP contribution in [0.4, 0.5) is 26.4 Å². The van der Waals surface area contributed by atoms with Crippen LogP contribution < -0.4 is 26.2 Å². The van der Waals surface area contributed by atoms with Crippen molar-refractivity contribution < 1.29 is 23.6 Å². The molecule has 14 nitrogen and oxygen atoms in total. The van der Waals surface area contributed by atoms with E-state index in [4.69, 9.17) is 0 Å². The smallest absolute Gasteiger partial charge is 0.329 e. The van der Waals surface area contributed by atoms with Gasteiger partial charge in [-0.2, -0.15) is 5.10 Å². The van der Waals surface area contributed by atoms with E-state index < -0.39 is 17.8 Å². The van der Waals surface area contributed by atoms with E-state index in [9.17, 15) is 23.6 Å². The predicted octanol–water partition coefficient (Wildman–Crippen LogP) is 3.43. The molecule has 0 saturated carbocycles. The van der Waals surface area contributed by atoms with Crippen molar-refractivity contribution >= 4 is 52.0 Å². The van der Waals surface area contributed by atoms with Crippen molar-refractivity contribution in [2.75, 3.05) is 28.6 Å². The fourth-order valence-corrected chi connectivity index (χ4v) is 5.62. The molecule has 1 aromatic carbocycles. The molecule has 2 aliphatic rings.